The number of aryl methyl sites for hydroxylation is 2. The number of carbonyl (C=O) groups is 2. The van der Waals surface area contributed by atoms with E-state index in [-0.39, 0.29) is 18.3 Å². The molecule has 0 aliphatic heterocycles. The maximum Gasteiger partial charge on any atom is 0.343 e. The van der Waals surface area contributed by atoms with E-state index in [4.69, 9.17) is 9.47 Å². The Morgan fingerprint density at radius 2 is 1.91 bits per heavy atom. The lowest BCUT2D eigenvalue weighted by atomic mass is 10.1. The largest absolute Gasteiger partial charge is 0.465 e. The minimum absolute atomic E-state index is 0.0994. The first-order chi connectivity index (χ1) is 11.0. The number of pyridine rings is 1. The predicted octanol–water partition coefficient (Wildman–Crippen LogP) is 2.78. The Morgan fingerprint density at radius 1 is 1.22 bits per heavy atom. The zero-order valence-electron chi connectivity index (χ0n) is 13.7. The van der Waals surface area contributed by atoms with Crippen molar-refractivity contribution in [1.29, 1.82) is 0 Å². The van der Waals surface area contributed by atoms with Gasteiger partial charge in [0.05, 0.1) is 24.5 Å². The van der Waals surface area contributed by atoms with E-state index in [0.29, 0.717) is 22.7 Å². The van der Waals surface area contributed by atoms with Crippen LogP contribution in [0.15, 0.2) is 17.3 Å². The number of hydrogen-bond acceptors (Lipinski definition) is 6. The first kappa shape index (κ1) is 17.3. The first-order valence-corrected chi connectivity index (χ1v) is 8.41. The zero-order chi connectivity index (χ0) is 17.0. The highest BCUT2D eigenvalue weighted by atomic mass is 32.2. The van der Waals surface area contributed by atoms with Gasteiger partial charge in [0.2, 0.25) is 0 Å². The molecule has 0 saturated carbocycles. The van der Waals surface area contributed by atoms with Crippen molar-refractivity contribution in [3.8, 4) is 0 Å². The fourth-order valence-corrected chi connectivity index (χ4v) is 3.15. The summed E-state index contributed by atoms with van der Waals surface area (Å²) in [6.45, 7) is 8.00. The second-order valence-electron chi connectivity index (χ2n) is 4.99. The van der Waals surface area contributed by atoms with Crippen LogP contribution in [-0.4, -0.2) is 40.5 Å². The third-order valence-electron chi connectivity index (χ3n) is 3.13. The van der Waals surface area contributed by atoms with Crippen molar-refractivity contribution in [3.05, 3.63) is 29.0 Å². The van der Waals surface area contributed by atoms with E-state index in [1.807, 2.05) is 26.1 Å². The van der Waals surface area contributed by atoms with E-state index in [1.54, 1.807) is 18.4 Å². The van der Waals surface area contributed by atoms with E-state index in [0.717, 1.165) is 11.1 Å². The lowest BCUT2D eigenvalue weighted by Crippen LogP contribution is -2.09. The molecular formula is C16H20N2O4S. The Kier molecular flexibility index (Phi) is 5.65. The molecule has 0 aliphatic rings. The molecule has 0 fully saturated rings. The zero-order valence-corrected chi connectivity index (χ0v) is 14.5. The van der Waals surface area contributed by atoms with Crippen molar-refractivity contribution in [3.63, 3.8) is 0 Å². The van der Waals surface area contributed by atoms with Crippen molar-refractivity contribution in [2.75, 3.05) is 19.0 Å². The van der Waals surface area contributed by atoms with Gasteiger partial charge in [0.15, 0.2) is 0 Å². The molecule has 0 saturated heterocycles. The van der Waals surface area contributed by atoms with E-state index in [1.165, 1.54) is 11.8 Å². The summed E-state index contributed by atoms with van der Waals surface area (Å²) in [6, 6.07) is 1.99. The highest BCUT2D eigenvalue weighted by Crippen LogP contribution is 2.28. The quantitative estimate of drug-likeness (QED) is 0.597. The molecule has 0 aromatic carbocycles. The van der Waals surface area contributed by atoms with E-state index >= 15 is 0 Å². The number of aromatic nitrogens is 2. The van der Waals surface area contributed by atoms with Gasteiger partial charge < -0.3 is 9.47 Å². The van der Waals surface area contributed by atoms with Gasteiger partial charge in [0, 0.05) is 6.20 Å². The van der Waals surface area contributed by atoms with Gasteiger partial charge >= 0.3 is 11.9 Å². The molecule has 0 atom stereocenters. The Bertz CT molecular complexity index is 739. The summed E-state index contributed by atoms with van der Waals surface area (Å²) in [7, 11) is 0. The second kappa shape index (κ2) is 7.50. The summed E-state index contributed by atoms with van der Waals surface area (Å²) in [5.41, 5.74) is 3.08. The molecule has 23 heavy (non-hydrogen) atoms. The molecule has 2 aromatic heterocycles. The summed E-state index contributed by atoms with van der Waals surface area (Å²) in [6.07, 6.45) is 1.85. The van der Waals surface area contributed by atoms with Crippen LogP contribution in [0.5, 0.6) is 0 Å². The van der Waals surface area contributed by atoms with Gasteiger partial charge in [-0.15, -0.1) is 0 Å². The molecule has 2 rings (SSSR count). The highest BCUT2D eigenvalue weighted by molar-refractivity contribution is 8.00. The van der Waals surface area contributed by atoms with Gasteiger partial charge in [-0.2, -0.15) is 5.10 Å². The number of carbonyl (C=O) groups excluding carboxylic acids is 2. The standard InChI is InChI=1S/C16H20N2O4S/c1-5-21-12(19)9-23-15-13(16(20)22-6-2)14-11(4)7-10(3)8-18(14)17-15/h7-8H,5-6,9H2,1-4H3. The lowest BCUT2D eigenvalue weighted by molar-refractivity contribution is -0.139. The average molecular weight is 336 g/mol. The number of ether oxygens (including phenoxy) is 2. The van der Waals surface area contributed by atoms with Crippen molar-refractivity contribution < 1.29 is 19.1 Å². The Hall–Kier alpha value is -2.02. The number of hydrogen-bond donors (Lipinski definition) is 0. The Labute approximate surface area is 139 Å². The van der Waals surface area contributed by atoms with Gasteiger partial charge in [-0.25, -0.2) is 9.31 Å². The van der Waals surface area contributed by atoms with Gasteiger partial charge in [-0.05, 0) is 38.8 Å². The van der Waals surface area contributed by atoms with Crippen molar-refractivity contribution in [2.24, 2.45) is 0 Å². The van der Waals surface area contributed by atoms with Gasteiger partial charge in [0.1, 0.15) is 10.6 Å². The molecule has 0 N–H and O–H groups in total. The average Bonchev–Trinajstić information content (AvgIpc) is 2.84. The summed E-state index contributed by atoms with van der Waals surface area (Å²) in [5.74, 6) is -0.666. The van der Waals surface area contributed by atoms with Gasteiger partial charge in [-0.1, -0.05) is 17.8 Å². The highest BCUT2D eigenvalue weighted by Gasteiger charge is 2.23. The topological polar surface area (TPSA) is 69.9 Å². The number of esters is 2. The third kappa shape index (κ3) is 3.85. The normalized spacial score (nSPS) is 10.8. The lowest BCUT2D eigenvalue weighted by Gasteiger charge is -2.05. The molecule has 124 valence electrons. The molecule has 7 heteroatoms. The monoisotopic (exact) mass is 336 g/mol. The summed E-state index contributed by atoms with van der Waals surface area (Å²) < 4.78 is 11.7. The Balaban J connectivity index is 2.45. The second-order valence-corrected chi connectivity index (χ2v) is 5.95. The molecular weight excluding hydrogens is 316 g/mol. The van der Waals surface area contributed by atoms with E-state index in [2.05, 4.69) is 5.10 Å². The van der Waals surface area contributed by atoms with Gasteiger partial charge in [0.25, 0.3) is 0 Å². The molecule has 2 aromatic rings. The molecule has 0 spiro atoms. The van der Waals surface area contributed by atoms with Crippen LogP contribution in [0.4, 0.5) is 0 Å². The van der Waals surface area contributed by atoms with Crippen molar-refractivity contribution >= 4 is 29.2 Å². The minimum atomic E-state index is -0.430. The van der Waals surface area contributed by atoms with Crippen LogP contribution in [0, 0.1) is 13.8 Å². The van der Waals surface area contributed by atoms with Crippen LogP contribution < -0.4 is 0 Å². The molecule has 6 nitrogen and oxygen atoms in total. The maximum atomic E-state index is 12.3. The van der Waals surface area contributed by atoms with Crippen LogP contribution in [0.3, 0.4) is 0 Å². The maximum absolute atomic E-state index is 12.3. The predicted molar refractivity (Wildman–Crippen MR) is 88.0 cm³/mol. The van der Waals surface area contributed by atoms with E-state index in [9.17, 15) is 9.59 Å². The summed E-state index contributed by atoms with van der Waals surface area (Å²) >= 11 is 1.18. The van der Waals surface area contributed by atoms with Gasteiger partial charge in [-0.3, -0.25) is 4.79 Å². The summed E-state index contributed by atoms with van der Waals surface area (Å²) in [5, 5.41) is 4.92. The molecule has 0 unspecified atom stereocenters. The van der Waals surface area contributed by atoms with Crippen LogP contribution in [0.25, 0.3) is 5.52 Å². The van der Waals surface area contributed by atoms with Crippen molar-refractivity contribution in [1.82, 2.24) is 9.61 Å². The van der Waals surface area contributed by atoms with Crippen molar-refractivity contribution in [2.45, 2.75) is 32.7 Å². The SMILES string of the molecule is CCOC(=O)CSc1nn2cc(C)cc(C)c2c1C(=O)OCC. The minimum Gasteiger partial charge on any atom is -0.465 e. The fourth-order valence-electron chi connectivity index (χ4n) is 2.34. The first-order valence-electron chi connectivity index (χ1n) is 7.43. The molecule has 2 heterocycles. The number of fused-ring (bicyclic) bond motifs is 1. The Morgan fingerprint density at radius 3 is 2.57 bits per heavy atom. The van der Waals surface area contributed by atoms with Crippen LogP contribution in [0.1, 0.15) is 35.3 Å². The number of nitrogens with zero attached hydrogens (tertiary/aromatic N) is 2. The summed E-state index contributed by atoms with van der Waals surface area (Å²) in [4.78, 5) is 23.9. The van der Waals surface area contributed by atoms with E-state index < -0.39 is 5.97 Å². The molecule has 0 aliphatic carbocycles. The molecule has 0 bridgehead atoms. The molecule has 0 amide bonds. The fraction of sp³-hybridized carbons (Fsp3) is 0.438. The van der Waals surface area contributed by atoms with Crippen LogP contribution in [-0.2, 0) is 14.3 Å². The third-order valence-corrected chi connectivity index (χ3v) is 4.07. The number of thioether (sulfide) groups is 1. The number of rotatable bonds is 6. The van der Waals surface area contributed by atoms with Crippen LogP contribution in [0.2, 0.25) is 0 Å². The van der Waals surface area contributed by atoms with Crippen LogP contribution >= 0.6 is 11.8 Å². The smallest absolute Gasteiger partial charge is 0.343 e. The molecule has 0 radical (unpaired) electrons.